The number of carbonyl (C=O) groups is 2. The number of nitrogens with zero attached hydrogens (tertiary/aromatic N) is 1. The summed E-state index contributed by atoms with van der Waals surface area (Å²) in [4.78, 5) is 33.6. The smallest absolute Gasteiger partial charge is 0.321 e. The molecule has 1 aromatic carbocycles. The zero-order chi connectivity index (χ0) is 17.6. The van der Waals surface area contributed by atoms with Gasteiger partial charge >= 0.3 is 11.9 Å². The lowest BCUT2D eigenvalue weighted by Gasteiger charge is -2.21. The number of aliphatic carboxylic acids is 1. The standard InChI is InChI=1S/C14H16ClNO7/c1-3-23-14(19)12(13(17)18)10(7-16(20)21)9-5-4-8(22-2)6-11(9)15/h4-6,10,12H,3,7H2,1-2H3,(H,17,18). The molecule has 0 aliphatic rings. The number of nitro groups is 1. The van der Waals surface area contributed by atoms with Crippen LogP contribution in [0.15, 0.2) is 18.2 Å². The molecule has 0 bridgehead atoms. The van der Waals surface area contributed by atoms with Crippen LogP contribution < -0.4 is 4.74 Å². The van der Waals surface area contributed by atoms with Crippen LogP contribution in [0.1, 0.15) is 18.4 Å². The van der Waals surface area contributed by atoms with E-state index in [9.17, 15) is 24.8 Å². The monoisotopic (exact) mass is 345 g/mol. The van der Waals surface area contributed by atoms with E-state index in [1.807, 2.05) is 0 Å². The number of carbonyl (C=O) groups excluding carboxylic acids is 1. The normalized spacial score (nSPS) is 13.0. The maximum absolute atomic E-state index is 11.9. The Labute approximate surface area is 137 Å². The van der Waals surface area contributed by atoms with Crippen LogP contribution in [0.4, 0.5) is 0 Å². The minimum Gasteiger partial charge on any atom is -0.497 e. The van der Waals surface area contributed by atoms with Crippen molar-refractivity contribution in [2.45, 2.75) is 12.8 Å². The van der Waals surface area contributed by atoms with E-state index in [4.69, 9.17) is 21.1 Å². The number of methoxy groups -OCH3 is 1. The topological polar surface area (TPSA) is 116 Å². The van der Waals surface area contributed by atoms with Crippen LogP contribution in [0.5, 0.6) is 5.75 Å². The van der Waals surface area contributed by atoms with Gasteiger partial charge in [0, 0.05) is 9.95 Å². The number of esters is 1. The van der Waals surface area contributed by atoms with Crippen molar-refractivity contribution in [3.8, 4) is 5.75 Å². The second kappa shape index (κ2) is 8.33. The first-order valence-electron chi connectivity index (χ1n) is 6.66. The molecule has 0 saturated carbocycles. The van der Waals surface area contributed by atoms with Crippen molar-refractivity contribution >= 4 is 23.5 Å². The van der Waals surface area contributed by atoms with E-state index in [2.05, 4.69) is 0 Å². The highest BCUT2D eigenvalue weighted by molar-refractivity contribution is 6.31. The van der Waals surface area contributed by atoms with E-state index >= 15 is 0 Å². The van der Waals surface area contributed by atoms with Crippen molar-refractivity contribution in [2.24, 2.45) is 5.92 Å². The van der Waals surface area contributed by atoms with Crippen LogP contribution in [0.2, 0.25) is 5.02 Å². The Morgan fingerprint density at radius 2 is 2.09 bits per heavy atom. The van der Waals surface area contributed by atoms with Gasteiger partial charge in [-0.1, -0.05) is 17.7 Å². The molecule has 0 aliphatic carbocycles. The Kier molecular flexibility index (Phi) is 6.77. The first-order chi connectivity index (χ1) is 10.8. The zero-order valence-electron chi connectivity index (χ0n) is 12.5. The number of rotatable bonds is 8. The van der Waals surface area contributed by atoms with Gasteiger partial charge in [-0.05, 0) is 24.6 Å². The molecular weight excluding hydrogens is 330 g/mol. The highest BCUT2D eigenvalue weighted by atomic mass is 35.5. The Morgan fingerprint density at radius 1 is 1.43 bits per heavy atom. The summed E-state index contributed by atoms with van der Waals surface area (Å²) in [5.41, 5.74) is 0.171. The average molecular weight is 346 g/mol. The van der Waals surface area contributed by atoms with Crippen LogP contribution in [-0.2, 0) is 14.3 Å². The van der Waals surface area contributed by atoms with Crippen LogP contribution in [0.25, 0.3) is 0 Å². The Hall–Kier alpha value is -2.35. The SMILES string of the molecule is CCOC(=O)C(C(=O)O)C(C[N+](=O)[O-])c1ccc(OC)cc1Cl. The van der Waals surface area contributed by atoms with E-state index in [1.165, 1.54) is 32.2 Å². The maximum atomic E-state index is 11.9. The molecule has 0 aliphatic heterocycles. The summed E-state index contributed by atoms with van der Waals surface area (Å²) < 4.78 is 9.70. The third-order valence-electron chi connectivity index (χ3n) is 3.16. The highest BCUT2D eigenvalue weighted by Gasteiger charge is 2.41. The van der Waals surface area contributed by atoms with Gasteiger partial charge in [-0.15, -0.1) is 0 Å². The van der Waals surface area contributed by atoms with Gasteiger partial charge < -0.3 is 14.6 Å². The molecule has 8 nitrogen and oxygen atoms in total. The van der Waals surface area contributed by atoms with Gasteiger partial charge in [-0.3, -0.25) is 19.7 Å². The summed E-state index contributed by atoms with van der Waals surface area (Å²) in [6.45, 7) is 0.700. The molecule has 0 heterocycles. The van der Waals surface area contributed by atoms with Gasteiger partial charge in [-0.2, -0.15) is 0 Å². The number of carboxylic acids is 1. The molecular formula is C14H16ClNO7. The highest BCUT2D eigenvalue weighted by Crippen LogP contribution is 2.34. The van der Waals surface area contributed by atoms with Gasteiger partial charge in [0.05, 0.1) is 19.6 Å². The number of hydrogen-bond acceptors (Lipinski definition) is 6. The molecule has 1 N–H and O–H groups in total. The van der Waals surface area contributed by atoms with Crippen molar-refractivity contribution in [2.75, 3.05) is 20.3 Å². The van der Waals surface area contributed by atoms with Crippen LogP contribution in [0.3, 0.4) is 0 Å². The summed E-state index contributed by atoms with van der Waals surface area (Å²) in [6.07, 6.45) is 0. The molecule has 0 radical (unpaired) electrons. The van der Waals surface area contributed by atoms with Crippen molar-refractivity contribution < 1.29 is 29.1 Å². The van der Waals surface area contributed by atoms with Crippen molar-refractivity contribution in [1.82, 2.24) is 0 Å². The molecule has 2 atom stereocenters. The quantitative estimate of drug-likeness (QED) is 0.331. The molecule has 2 unspecified atom stereocenters. The predicted molar refractivity (Wildman–Crippen MR) is 80.4 cm³/mol. The minimum atomic E-state index is -1.73. The second-order valence-corrected chi connectivity index (χ2v) is 4.98. The van der Waals surface area contributed by atoms with Gasteiger partial charge in [0.1, 0.15) is 5.75 Å². The second-order valence-electron chi connectivity index (χ2n) is 4.58. The van der Waals surface area contributed by atoms with E-state index in [0.717, 1.165) is 0 Å². The Morgan fingerprint density at radius 3 is 2.52 bits per heavy atom. The van der Waals surface area contributed by atoms with Crippen LogP contribution in [0, 0.1) is 16.0 Å². The van der Waals surface area contributed by atoms with Crippen LogP contribution >= 0.6 is 11.6 Å². The summed E-state index contributed by atoms with van der Waals surface area (Å²) in [5.74, 6) is -5.14. The molecule has 9 heteroatoms. The lowest BCUT2D eigenvalue weighted by Crippen LogP contribution is -2.35. The lowest BCUT2D eigenvalue weighted by atomic mass is 9.85. The van der Waals surface area contributed by atoms with Crippen LogP contribution in [-0.4, -0.2) is 42.2 Å². The van der Waals surface area contributed by atoms with Crippen molar-refractivity contribution in [3.63, 3.8) is 0 Å². The van der Waals surface area contributed by atoms with Crippen molar-refractivity contribution in [3.05, 3.63) is 38.9 Å². The average Bonchev–Trinajstić information content (AvgIpc) is 2.45. The fourth-order valence-corrected chi connectivity index (χ4v) is 2.46. The van der Waals surface area contributed by atoms with E-state index in [-0.39, 0.29) is 17.2 Å². The van der Waals surface area contributed by atoms with Gasteiger partial charge in [-0.25, -0.2) is 0 Å². The number of hydrogen-bond donors (Lipinski definition) is 1. The number of carboxylic acid groups (broad SMARTS) is 1. The maximum Gasteiger partial charge on any atom is 0.321 e. The van der Waals surface area contributed by atoms with Gasteiger partial charge in [0.2, 0.25) is 6.54 Å². The molecule has 0 fully saturated rings. The Balaban J connectivity index is 3.33. The first-order valence-corrected chi connectivity index (χ1v) is 7.04. The van der Waals surface area contributed by atoms with Gasteiger partial charge in [0.25, 0.3) is 0 Å². The molecule has 1 rings (SSSR count). The van der Waals surface area contributed by atoms with E-state index in [0.29, 0.717) is 5.75 Å². The third kappa shape index (κ3) is 4.82. The number of ether oxygens (including phenoxy) is 2. The number of halogens is 1. The lowest BCUT2D eigenvalue weighted by molar-refractivity contribution is -0.484. The molecule has 1 aromatic rings. The zero-order valence-corrected chi connectivity index (χ0v) is 13.3. The minimum absolute atomic E-state index is 0.0376. The largest absolute Gasteiger partial charge is 0.497 e. The molecule has 126 valence electrons. The molecule has 0 amide bonds. The summed E-state index contributed by atoms with van der Waals surface area (Å²) in [6, 6.07) is 4.29. The summed E-state index contributed by atoms with van der Waals surface area (Å²) in [5, 5.41) is 20.3. The summed E-state index contributed by atoms with van der Waals surface area (Å²) >= 11 is 6.07. The van der Waals surface area contributed by atoms with Gasteiger partial charge in [0.15, 0.2) is 5.92 Å². The third-order valence-corrected chi connectivity index (χ3v) is 3.49. The molecule has 0 spiro atoms. The van der Waals surface area contributed by atoms with E-state index in [1.54, 1.807) is 0 Å². The first kappa shape index (κ1) is 18.7. The fourth-order valence-electron chi connectivity index (χ4n) is 2.15. The molecule has 23 heavy (non-hydrogen) atoms. The predicted octanol–water partition coefficient (Wildman–Crippen LogP) is 1.97. The van der Waals surface area contributed by atoms with Crippen molar-refractivity contribution in [1.29, 1.82) is 0 Å². The molecule has 0 aromatic heterocycles. The summed E-state index contributed by atoms with van der Waals surface area (Å²) in [7, 11) is 1.42. The fraction of sp³-hybridized carbons (Fsp3) is 0.429. The molecule has 0 saturated heterocycles. The van der Waals surface area contributed by atoms with E-state index < -0.39 is 35.2 Å². The Bertz CT molecular complexity index is 605. The number of benzene rings is 1.